The molecule has 0 fully saturated rings. The Hall–Kier alpha value is -1.32. The topological polar surface area (TPSA) is 47.0 Å². The van der Waals surface area contributed by atoms with E-state index in [1.54, 1.807) is 19.5 Å². The molecule has 0 aliphatic rings. The van der Waals surface area contributed by atoms with Crippen LogP contribution in [0.5, 0.6) is 5.75 Å². The van der Waals surface area contributed by atoms with Gasteiger partial charge in [0.2, 0.25) is 5.95 Å². The van der Waals surface area contributed by atoms with Crippen molar-refractivity contribution in [1.29, 1.82) is 0 Å². The molecule has 0 amide bonds. The second-order valence-electron chi connectivity index (χ2n) is 3.10. The first-order chi connectivity index (χ1) is 6.80. The number of nitrogens with one attached hydrogen (secondary N) is 1. The smallest absolute Gasteiger partial charge is 0.223 e. The molecule has 0 saturated heterocycles. The van der Waals surface area contributed by atoms with Gasteiger partial charge in [-0.05, 0) is 12.8 Å². The lowest BCUT2D eigenvalue weighted by Gasteiger charge is -2.14. The van der Waals surface area contributed by atoms with Gasteiger partial charge in [0.05, 0.1) is 19.5 Å². The summed E-state index contributed by atoms with van der Waals surface area (Å²) in [6.07, 6.45) is 5.48. The largest absolute Gasteiger partial charge is 0.494 e. The van der Waals surface area contributed by atoms with Crippen LogP contribution in [0.15, 0.2) is 12.4 Å². The molecule has 78 valence electrons. The van der Waals surface area contributed by atoms with Crippen LogP contribution in [0.4, 0.5) is 5.95 Å². The zero-order valence-corrected chi connectivity index (χ0v) is 8.95. The molecule has 1 aromatic rings. The van der Waals surface area contributed by atoms with Crippen LogP contribution >= 0.6 is 0 Å². The summed E-state index contributed by atoms with van der Waals surface area (Å²) in [6, 6.07) is 0.448. The highest BCUT2D eigenvalue weighted by Crippen LogP contribution is 2.09. The summed E-state index contributed by atoms with van der Waals surface area (Å²) in [4.78, 5) is 8.28. The predicted molar refractivity (Wildman–Crippen MR) is 56.6 cm³/mol. The van der Waals surface area contributed by atoms with Crippen molar-refractivity contribution < 1.29 is 4.74 Å². The Labute approximate surface area is 84.7 Å². The molecule has 4 heteroatoms. The monoisotopic (exact) mass is 195 g/mol. The molecule has 0 saturated carbocycles. The van der Waals surface area contributed by atoms with E-state index >= 15 is 0 Å². The SMILES string of the molecule is CCC(CC)Nc1ncc(OC)cn1. The van der Waals surface area contributed by atoms with Crippen LogP contribution in [0.2, 0.25) is 0 Å². The lowest BCUT2D eigenvalue weighted by atomic mass is 10.2. The first kappa shape index (κ1) is 10.8. The molecule has 1 aromatic heterocycles. The molecule has 4 nitrogen and oxygen atoms in total. The van der Waals surface area contributed by atoms with Crippen molar-refractivity contribution in [2.45, 2.75) is 32.7 Å². The Morgan fingerprint density at radius 2 is 1.86 bits per heavy atom. The molecule has 0 unspecified atom stereocenters. The van der Waals surface area contributed by atoms with Crippen molar-refractivity contribution in [2.75, 3.05) is 12.4 Å². The second-order valence-corrected chi connectivity index (χ2v) is 3.10. The number of nitrogens with zero attached hydrogens (tertiary/aromatic N) is 2. The van der Waals surface area contributed by atoms with Crippen molar-refractivity contribution >= 4 is 5.95 Å². The standard InChI is InChI=1S/C10H17N3O/c1-4-8(5-2)13-10-11-6-9(14-3)7-12-10/h6-8H,4-5H2,1-3H3,(H,11,12,13). The van der Waals surface area contributed by atoms with Gasteiger partial charge in [-0.2, -0.15) is 0 Å². The molecule has 0 aliphatic heterocycles. The van der Waals surface area contributed by atoms with Crippen molar-refractivity contribution in [3.05, 3.63) is 12.4 Å². The third kappa shape index (κ3) is 2.87. The summed E-state index contributed by atoms with van der Waals surface area (Å²) in [5, 5.41) is 3.25. The summed E-state index contributed by atoms with van der Waals surface area (Å²) in [5.41, 5.74) is 0. The molecule has 1 N–H and O–H groups in total. The molecule has 0 bridgehead atoms. The normalized spacial score (nSPS) is 10.3. The van der Waals surface area contributed by atoms with Crippen LogP contribution in [0, 0.1) is 0 Å². The quantitative estimate of drug-likeness (QED) is 0.781. The lowest BCUT2D eigenvalue weighted by Crippen LogP contribution is -2.18. The third-order valence-electron chi connectivity index (χ3n) is 2.18. The van der Waals surface area contributed by atoms with Crippen molar-refractivity contribution in [3.63, 3.8) is 0 Å². The van der Waals surface area contributed by atoms with Crippen molar-refractivity contribution in [3.8, 4) is 5.75 Å². The molecule has 0 aromatic carbocycles. The molecule has 1 rings (SSSR count). The van der Waals surface area contributed by atoms with E-state index in [1.807, 2.05) is 0 Å². The van der Waals surface area contributed by atoms with E-state index < -0.39 is 0 Å². The fourth-order valence-electron chi connectivity index (χ4n) is 1.17. The average molecular weight is 195 g/mol. The summed E-state index contributed by atoms with van der Waals surface area (Å²) in [5.74, 6) is 1.35. The predicted octanol–water partition coefficient (Wildman–Crippen LogP) is 2.09. The Balaban J connectivity index is 2.58. The van der Waals surface area contributed by atoms with Crippen molar-refractivity contribution in [1.82, 2.24) is 9.97 Å². The Morgan fingerprint density at radius 3 is 2.29 bits per heavy atom. The first-order valence-electron chi connectivity index (χ1n) is 4.92. The Bertz CT molecular complexity index is 257. The minimum absolute atomic E-state index is 0.448. The molecular formula is C10H17N3O. The van der Waals surface area contributed by atoms with Crippen LogP contribution < -0.4 is 10.1 Å². The molecule has 0 aliphatic carbocycles. The van der Waals surface area contributed by atoms with Gasteiger partial charge in [-0.25, -0.2) is 9.97 Å². The highest BCUT2D eigenvalue weighted by atomic mass is 16.5. The minimum Gasteiger partial charge on any atom is -0.494 e. The van der Waals surface area contributed by atoms with Gasteiger partial charge in [0, 0.05) is 6.04 Å². The molecule has 14 heavy (non-hydrogen) atoms. The maximum atomic E-state index is 4.97. The van der Waals surface area contributed by atoms with E-state index in [2.05, 4.69) is 29.1 Å². The summed E-state index contributed by atoms with van der Waals surface area (Å²) in [7, 11) is 1.60. The van der Waals surface area contributed by atoms with Crippen LogP contribution in [0.25, 0.3) is 0 Å². The van der Waals surface area contributed by atoms with Gasteiger partial charge in [0.1, 0.15) is 0 Å². The molecular weight excluding hydrogens is 178 g/mol. The molecule has 0 spiro atoms. The van der Waals surface area contributed by atoms with Gasteiger partial charge < -0.3 is 10.1 Å². The number of hydrogen-bond donors (Lipinski definition) is 1. The lowest BCUT2D eigenvalue weighted by molar-refractivity contribution is 0.411. The fourth-order valence-corrected chi connectivity index (χ4v) is 1.17. The average Bonchev–Trinajstić information content (AvgIpc) is 2.26. The zero-order chi connectivity index (χ0) is 10.4. The van der Waals surface area contributed by atoms with E-state index in [-0.39, 0.29) is 0 Å². The maximum Gasteiger partial charge on any atom is 0.223 e. The summed E-state index contributed by atoms with van der Waals surface area (Å²) >= 11 is 0. The molecule has 1 heterocycles. The van der Waals surface area contributed by atoms with E-state index in [9.17, 15) is 0 Å². The Kier molecular flexibility index (Phi) is 4.16. The number of rotatable bonds is 5. The van der Waals surface area contributed by atoms with Crippen LogP contribution in [-0.2, 0) is 0 Å². The highest BCUT2D eigenvalue weighted by molar-refractivity contribution is 5.28. The van der Waals surface area contributed by atoms with Crippen LogP contribution in [-0.4, -0.2) is 23.1 Å². The summed E-state index contributed by atoms with van der Waals surface area (Å²) in [6.45, 7) is 4.29. The second kappa shape index (κ2) is 5.42. The minimum atomic E-state index is 0.448. The maximum absolute atomic E-state index is 4.97. The van der Waals surface area contributed by atoms with Gasteiger partial charge in [-0.3, -0.25) is 0 Å². The molecule has 0 radical (unpaired) electrons. The number of aromatic nitrogens is 2. The van der Waals surface area contributed by atoms with Crippen molar-refractivity contribution in [2.24, 2.45) is 0 Å². The van der Waals surface area contributed by atoms with E-state index in [0.717, 1.165) is 12.8 Å². The number of ether oxygens (including phenoxy) is 1. The van der Waals surface area contributed by atoms with E-state index in [0.29, 0.717) is 17.7 Å². The van der Waals surface area contributed by atoms with E-state index in [1.165, 1.54) is 0 Å². The van der Waals surface area contributed by atoms with E-state index in [4.69, 9.17) is 4.74 Å². The summed E-state index contributed by atoms with van der Waals surface area (Å²) < 4.78 is 4.97. The zero-order valence-electron chi connectivity index (χ0n) is 8.95. The highest BCUT2D eigenvalue weighted by Gasteiger charge is 2.04. The molecule has 0 atom stereocenters. The van der Waals surface area contributed by atoms with Gasteiger partial charge in [0.15, 0.2) is 5.75 Å². The number of hydrogen-bond acceptors (Lipinski definition) is 4. The van der Waals surface area contributed by atoms with Gasteiger partial charge in [-0.1, -0.05) is 13.8 Å². The number of anilines is 1. The van der Waals surface area contributed by atoms with Gasteiger partial charge in [0.25, 0.3) is 0 Å². The van der Waals surface area contributed by atoms with Crippen LogP contribution in [0.3, 0.4) is 0 Å². The third-order valence-corrected chi connectivity index (χ3v) is 2.18. The van der Waals surface area contributed by atoms with Gasteiger partial charge in [-0.15, -0.1) is 0 Å². The fraction of sp³-hybridized carbons (Fsp3) is 0.600. The first-order valence-corrected chi connectivity index (χ1v) is 4.92. The number of methoxy groups -OCH3 is 1. The Morgan fingerprint density at radius 1 is 1.29 bits per heavy atom. The van der Waals surface area contributed by atoms with Gasteiger partial charge >= 0.3 is 0 Å². The van der Waals surface area contributed by atoms with Crippen LogP contribution in [0.1, 0.15) is 26.7 Å².